The first-order chi connectivity index (χ1) is 9.45. The molecule has 0 aromatic heterocycles. The van der Waals surface area contributed by atoms with Crippen molar-refractivity contribution < 1.29 is 9.18 Å². The molecule has 1 rings (SSSR count). The fraction of sp³-hybridized carbons (Fsp3) is 0.562. The zero-order valence-corrected chi connectivity index (χ0v) is 12.6. The van der Waals surface area contributed by atoms with Gasteiger partial charge in [0.15, 0.2) is 0 Å². The predicted octanol–water partition coefficient (Wildman–Crippen LogP) is 2.59. The molecular weight excluding hydrogens is 255 g/mol. The van der Waals surface area contributed by atoms with E-state index in [1.807, 2.05) is 31.7 Å². The van der Waals surface area contributed by atoms with E-state index >= 15 is 0 Å². The molecule has 2 N–H and O–H groups in total. The largest absolute Gasteiger partial charge is 0.342 e. The van der Waals surface area contributed by atoms with Crippen LogP contribution in [0.1, 0.15) is 32.8 Å². The fourth-order valence-corrected chi connectivity index (χ4v) is 2.07. The molecule has 112 valence electrons. The number of carbonyl (C=O) groups is 1. The van der Waals surface area contributed by atoms with E-state index in [-0.39, 0.29) is 23.7 Å². The molecule has 0 bridgehead atoms. The van der Waals surface area contributed by atoms with Gasteiger partial charge in [0.05, 0.1) is 5.92 Å². The van der Waals surface area contributed by atoms with Crippen LogP contribution in [0.25, 0.3) is 0 Å². The third-order valence-corrected chi connectivity index (χ3v) is 3.54. The molecule has 0 spiro atoms. The van der Waals surface area contributed by atoms with Crippen molar-refractivity contribution in [2.75, 3.05) is 13.1 Å². The highest BCUT2D eigenvalue weighted by Gasteiger charge is 2.22. The maximum absolute atomic E-state index is 13.1. The lowest BCUT2D eigenvalue weighted by Crippen LogP contribution is -2.43. The van der Waals surface area contributed by atoms with E-state index in [2.05, 4.69) is 0 Å². The molecule has 20 heavy (non-hydrogen) atoms. The fourth-order valence-electron chi connectivity index (χ4n) is 2.07. The van der Waals surface area contributed by atoms with E-state index in [9.17, 15) is 9.18 Å². The topological polar surface area (TPSA) is 46.3 Å². The third-order valence-electron chi connectivity index (χ3n) is 3.54. The molecule has 0 aliphatic heterocycles. The molecule has 0 aliphatic carbocycles. The molecular formula is C16H25FN2O. The van der Waals surface area contributed by atoms with Gasteiger partial charge in [0.1, 0.15) is 5.82 Å². The lowest BCUT2D eigenvalue weighted by Gasteiger charge is -2.27. The minimum Gasteiger partial charge on any atom is -0.342 e. The van der Waals surface area contributed by atoms with Crippen LogP contribution < -0.4 is 5.73 Å². The molecule has 1 amide bonds. The van der Waals surface area contributed by atoms with E-state index in [0.29, 0.717) is 19.5 Å². The zero-order chi connectivity index (χ0) is 15.1. The first kappa shape index (κ1) is 16.6. The average Bonchev–Trinajstić information content (AvgIpc) is 2.41. The molecule has 2 unspecified atom stereocenters. The van der Waals surface area contributed by atoms with E-state index in [1.54, 1.807) is 6.07 Å². The molecule has 1 aromatic rings. The van der Waals surface area contributed by atoms with E-state index < -0.39 is 0 Å². The molecule has 0 heterocycles. The second-order valence-corrected chi connectivity index (χ2v) is 5.35. The molecule has 0 saturated heterocycles. The van der Waals surface area contributed by atoms with Crippen LogP contribution in [0.15, 0.2) is 24.3 Å². The van der Waals surface area contributed by atoms with Crippen molar-refractivity contribution >= 4 is 5.91 Å². The molecule has 2 atom stereocenters. The van der Waals surface area contributed by atoms with Crippen LogP contribution in [-0.2, 0) is 11.2 Å². The van der Waals surface area contributed by atoms with E-state index in [4.69, 9.17) is 5.73 Å². The minimum atomic E-state index is -0.236. The summed E-state index contributed by atoms with van der Waals surface area (Å²) in [6.07, 6.45) is 1.57. The number of hydrogen-bond donors (Lipinski definition) is 1. The van der Waals surface area contributed by atoms with Gasteiger partial charge in [-0.3, -0.25) is 4.79 Å². The summed E-state index contributed by atoms with van der Waals surface area (Å²) in [4.78, 5) is 14.2. The Kier molecular flexibility index (Phi) is 6.65. The van der Waals surface area contributed by atoms with Gasteiger partial charge in [0.2, 0.25) is 5.91 Å². The Morgan fingerprint density at radius 2 is 2.05 bits per heavy atom. The maximum atomic E-state index is 13.1. The van der Waals surface area contributed by atoms with Gasteiger partial charge in [-0.25, -0.2) is 4.39 Å². The summed E-state index contributed by atoms with van der Waals surface area (Å²) in [6.45, 7) is 7.06. The Bertz CT molecular complexity index is 434. The zero-order valence-electron chi connectivity index (χ0n) is 12.6. The summed E-state index contributed by atoms with van der Waals surface area (Å²) in [5, 5.41) is 0. The molecule has 0 saturated carbocycles. The van der Waals surface area contributed by atoms with Crippen LogP contribution in [0.3, 0.4) is 0 Å². The molecule has 3 nitrogen and oxygen atoms in total. The summed E-state index contributed by atoms with van der Waals surface area (Å²) in [5.41, 5.74) is 6.71. The summed E-state index contributed by atoms with van der Waals surface area (Å²) in [5.74, 6) is -0.341. The predicted molar refractivity (Wildman–Crippen MR) is 79.8 cm³/mol. The number of carbonyl (C=O) groups excluding carboxylic acids is 1. The maximum Gasteiger partial charge on any atom is 0.226 e. The Labute approximate surface area is 121 Å². The van der Waals surface area contributed by atoms with Crippen molar-refractivity contribution in [2.24, 2.45) is 11.7 Å². The Morgan fingerprint density at radius 1 is 1.35 bits per heavy atom. The highest BCUT2D eigenvalue weighted by Crippen LogP contribution is 2.10. The first-order valence-electron chi connectivity index (χ1n) is 7.24. The summed E-state index contributed by atoms with van der Waals surface area (Å²) >= 11 is 0. The molecule has 0 radical (unpaired) electrons. The second kappa shape index (κ2) is 8.00. The third kappa shape index (κ3) is 4.93. The first-order valence-corrected chi connectivity index (χ1v) is 7.24. The van der Waals surface area contributed by atoms with Crippen LogP contribution in [-0.4, -0.2) is 29.9 Å². The second-order valence-electron chi connectivity index (χ2n) is 5.35. The van der Waals surface area contributed by atoms with Gasteiger partial charge in [-0.15, -0.1) is 0 Å². The summed E-state index contributed by atoms with van der Waals surface area (Å²) in [6, 6.07) is 6.37. The monoisotopic (exact) mass is 280 g/mol. The van der Waals surface area contributed by atoms with Gasteiger partial charge >= 0.3 is 0 Å². The van der Waals surface area contributed by atoms with Crippen molar-refractivity contribution in [3.63, 3.8) is 0 Å². The van der Waals surface area contributed by atoms with Crippen LogP contribution in [0.2, 0.25) is 0 Å². The van der Waals surface area contributed by atoms with Crippen LogP contribution >= 0.6 is 0 Å². The average molecular weight is 280 g/mol. The number of halogens is 1. The van der Waals surface area contributed by atoms with Crippen LogP contribution in [0.5, 0.6) is 0 Å². The Morgan fingerprint density at radius 3 is 2.60 bits per heavy atom. The van der Waals surface area contributed by atoms with E-state index in [0.717, 1.165) is 12.0 Å². The van der Waals surface area contributed by atoms with Gasteiger partial charge in [0.25, 0.3) is 0 Å². The van der Waals surface area contributed by atoms with Crippen LogP contribution in [0, 0.1) is 11.7 Å². The number of nitrogens with two attached hydrogens (primary N) is 1. The van der Waals surface area contributed by atoms with Gasteiger partial charge in [-0.05, 0) is 37.5 Å². The number of amides is 1. The SMILES string of the molecule is CCCN(CCc1cccc(F)c1)C(=O)C(C)C(C)N. The number of benzene rings is 1. The van der Waals surface area contributed by atoms with Gasteiger partial charge in [0, 0.05) is 19.1 Å². The number of hydrogen-bond acceptors (Lipinski definition) is 2. The molecule has 0 aliphatic rings. The van der Waals surface area contributed by atoms with E-state index in [1.165, 1.54) is 12.1 Å². The normalized spacial score (nSPS) is 13.8. The Hall–Kier alpha value is -1.42. The van der Waals surface area contributed by atoms with Gasteiger partial charge in [-0.2, -0.15) is 0 Å². The van der Waals surface area contributed by atoms with Crippen molar-refractivity contribution in [1.29, 1.82) is 0 Å². The molecule has 4 heteroatoms. The highest BCUT2D eigenvalue weighted by atomic mass is 19.1. The number of rotatable bonds is 7. The van der Waals surface area contributed by atoms with Crippen molar-refractivity contribution in [3.8, 4) is 0 Å². The summed E-state index contributed by atoms with van der Waals surface area (Å²) in [7, 11) is 0. The lowest BCUT2D eigenvalue weighted by molar-refractivity contribution is -0.135. The van der Waals surface area contributed by atoms with Crippen molar-refractivity contribution in [2.45, 2.75) is 39.7 Å². The van der Waals surface area contributed by atoms with Gasteiger partial charge in [-0.1, -0.05) is 26.0 Å². The standard InChI is InChI=1S/C16H25FN2O/c1-4-9-19(16(20)12(2)13(3)18)10-8-14-6-5-7-15(17)11-14/h5-7,11-13H,4,8-10,18H2,1-3H3. The molecule has 1 aromatic carbocycles. The van der Waals surface area contributed by atoms with Crippen LogP contribution in [0.4, 0.5) is 4.39 Å². The van der Waals surface area contributed by atoms with Crippen molar-refractivity contribution in [1.82, 2.24) is 4.90 Å². The quantitative estimate of drug-likeness (QED) is 0.834. The Balaban J connectivity index is 2.65. The smallest absolute Gasteiger partial charge is 0.226 e. The van der Waals surface area contributed by atoms with Gasteiger partial charge < -0.3 is 10.6 Å². The lowest BCUT2D eigenvalue weighted by atomic mass is 10.0. The number of nitrogens with zero attached hydrogens (tertiary/aromatic N) is 1. The highest BCUT2D eigenvalue weighted by molar-refractivity contribution is 5.79. The summed E-state index contributed by atoms with van der Waals surface area (Å²) < 4.78 is 13.1. The minimum absolute atomic E-state index is 0.0817. The van der Waals surface area contributed by atoms with Crippen molar-refractivity contribution in [3.05, 3.63) is 35.6 Å². The molecule has 0 fully saturated rings.